The molecule has 3 rings (SSSR count). The van der Waals surface area contributed by atoms with Crippen molar-refractivity contribution in [2.45, 2.75) is 71.6 Å². The molecular formula is C23H30S2. The number of thiophene rings is 2. The molecule has 0 aliphatic rings. The molecule has 25 heavy (non-hydrogen) atoms. The molecule has 2 heterocycles. The Kier molecular flexibility index (Phi) is 7.12. The Hall–Kier alpha value is -1.12. The lowest BCUT2D eigenvalue weighted by Crippen LogP contribution is -1.85. The number of aryl methyl sites for hydroxylation is 2. The zero-order valence-electron chi connectivity index (χ0n) is 15.6. The molecular weight excluding hydrogens is 340 g/mol. The first-order valence-corrected chi connectivity index (χ1v) is 11.5. The second kappa shape index (κ2) is 9.54. The van der Waals surface area contributed by atoms with Gasteiger partial charge >= 0.3 is 0 Å². The number of hydrogen-bond donors (Lipinski definition) is 0. The third-order valence-corrected chi connectivity index (χ3v) is 7.24. The van der Waals surface area contributed by atoms with Crippen molar-refractivity contribution in [1.29, 1.82) is 0 Å². The fourth-order valence-corrected chi connectivity index (χ4v) is 5.76. The minimum absolute atomic E-state index is 1.22. The average molecular weight is 371 g/mol. The van der Waals surface area contributed by atoms with E-state index in [0.29, 0.717) is 0 Å². The van der Waals surface area contributed by atoms with Gasteiger partial charge in [0, 0.05) is 19.2 Å². The number of rotatable bonds is 10. The summed E-state index contributed by atoms with van der Waals surface area (Å²) in [5.41, 5.74) is 2.85. The van der Waals surface area contributed by atoms with E-state index in [1.807, 2.05) is 22.7 Å². The smallest absolute Gasteiger partial charge is 0.0460 e. The molecule has 0 amide bonds. The maximum atomic E-state index is 2.43. The number of fused-ring (bicyclic) bond motifs is 1. The van der Waals surface area contributed by atoms with Gasteiger partial charge in [0.2, 0.25) is 0 Å². The molecule has 0 fully saturated rings. The average Bonchev–Trinajstić information content (AvgIpc) is 3.18. The lowest BCUT2D eigenvalue weighted by atomic mass is 10.0. The van der Waals surface area contributed by atoms with Crippen molar-refractivity contribution < 1.29 is 0 Å². The second-order valence-corrected chi connectivity index (χ2v) is 9.27. The second-order valence-electron chi connectivity index (χ2n) is 7.02. The number of benzene rings is 1. The lowest BCUT2D eigenvalue weighted by molar-refractivity contribution is 0.670. The molecule has 134 valence electrons. The highest BCUT2D eigenvalue weighted by Crippen LogP contribution is 2.38. The summed E-state index contributed by atoms with van der Waals surface area (Å²) in [6.45, 7) is 4.54. The Labute approximate surface area is 160 Å². The van der Waals surface area contributed by atoms with E-state index in [0.717, 1.165) is 0 Å². The predicted molar refractivity (Wildman–Crippen MR) is 116 cm³/mol. The minimum atomic E-state index is 1.22. The Morgan fingerprint density at radius 3 is 2.08 bits per heavy atom. The van der Waals surface area contributed by atoms with Crippen molar-refractivity contribution >= 4 is 32.1 Å². The number of hydrogen-bond acceptors (Lipinski definition) is 2. The van der Waals surface area contributed by atoms with Crippen molar-refractivity contribution in [3.63, 3.8) is 0 Å². The van der Waals surface area contributed by atoms with Crippen molar-refractivity contribution in [1.82, 2.24) is 0 Å². The molecule has 0 aliphatic heterocycles. The maximum Gasteiger partial charge on any atom is 0.0460 e. The summed E-state index contributed by atoms with van der Waals surface area (Å²) < 4.78 is 2.94. The third-order valence-electron chi connectivity index (χ3n) is 4.84. The molecule has 2 heteroatoms. The topological polar surface area (TPSA) is 0 Å². The molecule has 0 saturated carbocycles. The normalized spacial score (nSPS) is 11.4. The first-order valence-electron chi connectivity index (χ1n) is 9.91. The van der Waals surface area contributed by atoms with Crippen LogP contribution in [0.5, 0.6) is 0 Å². The minimum Gasteiger partial charge on any atom is -0.139 e. The van der Waals surface area contributed by atoms with Gasteiger partial charge in [0.15, 0.2) is 0 Å². The van der Waals surface area contributed by atoms with Gasteiger partial charge in [-0.3, -0.25) is 0 Å². The van der Waals surface area contributed by atoms with Gasteiger partial charge in [-0.1, -0.05) is 70.2 Å². The van der Waals surface area contributed by atoms with E-state index in [9.17, 15) is 0 Å². The van der Waals surface area contributed by atoms with Gasteiger partial charge in [-0.25, -0.2) is 0 Å². The summed E-state index contributed by atoms with van der Waals surface area (Å²) in [6, 6.07) is 14.1. The Morgan fingerprint density at radius 1 is 0.680 bits per heavy atom. The van der Waals surface area contributed by atoms with E-state index in [2.05, 4.69) is 50.2 Å². The maximum absolute atomic E-state index is 2.43. The van der Waals surface area contributed by atoms with Crippen LogP contribution in [-0.4, -0.2) is 0 Å². The summed E-state index contributed by atoms with van der Waals surface area (Å²) in [4.78, 5) is 2.98. The van der Waals surface area contributed by atoms with Crippen molar-refractivity contribution in [3.8, 4) is 10.4 Å². The Balaban J connectivity index is 1.62. The zero-order valence-corrected chi connectivity index (χ0v) is 17.3. The summed E-state index contributed by atoms with van der Waals surface area (Å²) >= 11 is 3.95. The third kappa shape index (κ3) is 5.18. The fraction of sp³-hybridized carbons (Fsp3) is 0.478. The van der Waals surface area contributed by atoms with E-state index in [4.69, 9.17) is 0 Å². The van der Waals surface area contributed by atoms with Crippen LogP contribution in [0.1, 0.15) is 69.2 Å². The molecule has 0 unspecified atom stereocenters. The molecule has 3 aromatic rings. The summed E-state index contributed by atoms with van der Waals surface area (Å²) in [5, 5.41) is 0. The molecule has 0 bridgehead atoms. The van der Waals surface area contributed by atoms with Gasteiger partial charge in [-0.05, 0) is 48.9 Å². The monoisotopic (exact) mass is 370 g/mol. The molecule has 0 radical (unpaired) electrons. The van der Waals surface area contributed by atoms with Crippen molar-refractivity contribution in [2.24, 2.45) is 0 Å². The molecule has 0 nitrogen and oxygen atoms in total. The fourth-order valence-electron chi connectivity index (χ4n) is 3.29. The van der Waals surface area contributed by atoms with Gasteiger partial charge in [0.1, 0.15) is 0 Å². The summed E-state index contributed by atoms with van der Waals surface area (Å²) in [6.07, 6.45) is 11.8. The van der Waals surface area contributed by atoms with Crippen LogP contribution in [0.3, 0.4) is 0 Å². The highest BCUT2D eigenvalue weighted by atomic mass is 32.1. The quantitative estimate of drug-likeness (QED) is 0.314. The molecule has 0 saturated heterocycles. The molecule has 0 N–H and O–H groups in total. The lowest BCUT2D eigenvalue weighted by Gasteiger charge is -2.02. The van der Waals surface area contributed by atoms with Gasteiger partial charge < -0.3 is 0 Å². The first-order chi connectivity index (χ1) is 12.3. The van der Waals surface area contributed by atoms with Gasteiger partial charge in [0.25, 0.3) is 0 Å². The van der Waals surface area contributed by atoms with Gasteiger partial charge in [-0.15, -0.1) is 22.7 Å². The summed E-state index contributed by atoms with van der Waals surface area (Å²) in [5.74, 6) is 0. The zero-order chi connectivity index (χ0) is 17.5. The van der Waals surface area contributed by atoms with E-state index in [1.54, 1.807) is 4.88 Å². The standard InChI is InChI=1S/C23H30S2/c1-3-5-7-9-11-20-16-22-23(24-20)17-21(25-22)19-14-12-18(13-15-19)10-8-6-4-2/h12-17H,3-11H2,1-2H3. The summed E-state index contributed by atoms with van der Waals surface area (Å²) in [7, 11) is 0. The van der Waals surface area contributed by atoms with Gasteiger partial charge in [-0.2, -0.15) is 0 Å². The first kappa shape index (κ1) is 18.7. The number of unbranched alkanes of at least 4 members (excludes halogenated alkanes) is 5. The van der Waals surface area contributed by atoms with E-state index < -0.39 is 0 Å². The van der Waals surface area contributed by atoms with Crippen LogP contribution in [0.15, 0.2) is 36.4 Å². The van der Waals surface area contributed by atoms with Crippen LogP contribution in [0, 0.1) is 0 Å². The molecule has 0 spiro atoms. The van der Waals surface area contributed by atoms with Crippen molar-refractivity contribution in [2.75, 3.05) is 0 Å². The van der Waals surface area contributed by atoms with Crippen molar-refractivity contribution in [3.05, 3.63) is 46.8 Å². The molecule has 0 aliphatic carbocycles. The predicted octanol–water partition coefficient (Wildman–Crippen LogP) is 8.49. The van der Waals surface area contributed by atoms with E-state index >= 15 is 0 Å². The molecule has 2 aromatic heterocycles. The van der Waals surface area contributed by atoms with Crippen LogP contribution in [-0.2, 0) is 12.8 Å². The van der Waals surface area contributed by atoms with Gasteiger partial charge in [0.05, 0.1) is 0 Å². The van der Waals surface area contributed by atoms with E-state index in [1.165, 1.54) is 83.2 Å². The van der Waals surface area contributed by atoms with Crippen LogP contribution < -0.4 is 0 Å². The van der Waals surface area contributed by atoms with E-state index in [-0.39, 0.29) is 0 Å². The Morgan fingerprint density at radius 2 is 1.36 bits per heavy atom. The highest BCUT2D eigenvalue weighted by Gasteiger charge is 2.08. The Bertz CT molecular complexity index is 730. The molecule has 0 atom stereocenters. The van der Waals surface area contributed by atoms with Crippen LogP contribution in [0.2, 0.25) is 0 Å². The van der Waals surface area contributed by atoms with Crippen LogP contribution in [0.25, 0.3) is 19.8 Å². The van der Waals surface area contributed by atoms with Crippen LogP contribution in [0.4, 0.5) is 0 Å². The highest BCUT2D eigenvalue weighted by molar-refractivity contribution is 7.29. The SMILES string of the molecule is CCCCCCc1cc2sc(-c3ccc(CCCCC)cc3)cc2s1. The van der Waals surface area contributed by atoms with Crippen LogP contribution >= 0.6 is 22.7 Å². The molecule has 1 aromatic carbocycles. The largest absolute Gasteiger partial charge is 0.139 e.